The molecule has 3 rings (SSSR count). The molecule has 2 aromatic heterocycles. The molecule has 0 radical (unpaired) electrons. The summed E-state index contributed by atoms with van der Waals surface area (Å²) in [4.78, 5) is 20.7. The predicted molar refractivity (Wildman–Crippen MR) is 80.4 cm³/mol. The predicted octanol–water partition coefficient (Wildman–Crippen LogP) is 2.06. The lowest BCUT2D eigenvalue weighted by atomic mass is 9.92. The number of aryl methyl sites for hydroxylation is 1. The number of carbonyl (C=O) groups is 1. The number of nitrogens with one attached hydrogen (secondary N) is 1. The number of carbonyl (C=O) groups excluding carboxylic acids is 1. The molecule has 0 fully saturated rings. The molecule has 0 unspecified atom stereocenters. The number of fused-ring (bicyclic) bond motifs is 3. The molecule has 0 atom stereocenters. The molecule has 2 heterocycles. The highest BCUT2D eigenvalue weighted by Gasteiger charge is 2.28. The minimum Gasteiger partial charge on any atom is -0.461 e. The minimum absolute atomic E-state index is 0.350. The molecule has 0 saturated carbocycles. The summed E-state index contributed by atoms with van der Waals surface area (Å²) in [6.45, 7) is 4.12. The standard InChI is InChI=1S/C13H13IN4O2/c1-3-20-12(19)11-8-5-4-7-6(2)15-13(14)16-9(7)10(8)17-18-11/h3-5H2,1-2H3,(H,17,18). The first-order chi connectivity index (χ1) is 9.61. The van der Waals surface area contributed by atoms with Crippen LogP contribution in [0.3, 0.4) is 0 Å². The Labute approximate surface area is 129 Å². The van der Waals surface area contributed by atoms with Gasteiger partial charge in [-0.05, 0) is 26.7 Å². The zero-order valence-corrected chi connectivity index (χ0v) is 13.3. The van der Waals surface area contributed by atoms with E-state index in [1.54, 1.807) is 6.92 Å². The van der Waals surface area contributed by atoms with E-state index in [0.717, 1.165) is 41.1 Å². The van der Waals surface area contributed by atoms with Gasteiger partial charge in [0.2, 0.25) is 0 Å². The fourth-order valence-electron chi connectivity index (χ4n) is 2.48. The molecule has 20 heavy (non-hydrogen) atoms. The summed E-state index contributed by atoms with van der Waals surface area (Å²) in [6.07, 6.45) is 1.56. The number of aromatic amines is 1. The Morgan fingerprint density at radius 3 is 2.80 bits per heavy atom. The SMILES string of the molecule is CCOC(=O)c1[nH]nc2c1CCc1c(C)nc(I)nc1-2. The summed E-state index contributed by atoms with van der Waals surface area (Å²) in [5.41, 5.74) is 5.00. The van der Waals surface area contributed by atoms with E-state index in [9.17, 15) is 4.79 Å². The maximum Gasteiger partial charge on any atom is 0.356 e. The molecule has 0 bridgehead atoms. The van der Waals surface area contributed by atoms with E-state index in [4.69, 9.17) is 4.74 Å². The average molecular weight is 384 g/mol. The van der Waals surface area contributed by atoms with Gasteiger partial charge in [0, 0.05) is 39.4 Å². The van der Waals surface area contributed by atoms with Gasteiger partial charge in [0.15, 0.2) is 3.83 Å². The molecule has 7 heteroatoms. The monoisotopic (exact) mass is 384 g/mol. The van der Waals surface area contributed by atoms with Gasteiger partial charge >= 0.3 is 5.97 Å². The first kappa shape index (κ1) is 13.5. The molecule has 0 aromatic carbocycles. The van der Waals surface area contributed by atoms with Crippen LogP contribution in [0.15, 0.2) is 0 Å². The summed E-state index contributed by atoms with van der Waals surface area (Å²) < 4.78 is 5.73. The van der Waals surface area contributed by atoms with Crippen molar-refractivity contribution in [1.29, 1.82) is 0 Å². The van der Waals surface area contributed by atoms with Crippen molar-refractivity contribution in [1.82, 2.24) is 20.2 Å². The summed E-state index contributed by atoms with van der Waals surface area (Å²) in [6, 6.07) is 0. The van der Waals surface area contributed by atoms with Gasteiger partial charge in [-0.2, -0.15) is 5.10 Å². The van der Waals surface area contributed by atoms with Gasteiger partial charge in [-0.3, -0.25) is 5.10 Å². The topological polar surface area (TPSA) is 80.8 Å². The van der Waals surface area contributed by atoms with Crippen LogP contribution in [0.2, 0.25) is 0 Å². The third-order valence-electron chi connectivity index (χ3n) is 3.38. The van der Waals surface area contributed by atoms with Crippen LogP contribution in [-0.4, -0.2) is 32.7 Å². The molecule has 0 aliphatic heterocycles. The van der Waals surface area contributed by atoms with Crippen molar-refractivity contribution >= 4 is 28.6 Å². The first-order valence-electron chi connectivity index (χ1n) is 6.39. The second-order valence-electron chi connectivity index (χ2n) is 4.55. The van der Waals surface area contributed by atoms with E-state index in [0.29, 0.717) is 16.1 Å². The average Bonchev–Trinajstić information content (AvgIpc) is 2.83. The molecule has 0 saturated heterocycles. The number of esters is 1. The molecular weight excluding hydrogens is 371 g/mol. The van der Waals surface area contributed by atoms with Crippen LogP contribution in [0, 0.1) is 10.8 Å². The maximum absolute atomic E-state index is 11.9. The molecule has 0 spiro atoms. The summed E-state index contributed by atoms with van der Waals surface area (Å²) in [5.74, 6) is -0.356. The van der Waals surface area contributed by atoms with E-state index in [1.165, 1.54) is 0 Å². The number of nitrogens with zero attached hydrogens (tertiary/aromatic N) is 3. The van der Waals surface area contributed by atoms with E-state index >= 15 is 0 Å². The molecule has 0 amide bonds. The van der Waals surface area contributed by atoms with E-state index in [2.05, 4.69) is 42.8 Å². The van der Waals surface area contributed by atoms with Gasteiger partial charge in [0.25, 0.3) is 0 Å². The number of aromatic nitrogens is 4. The quantitative estimate of drug-likeness (QED) is 0.487. The Balaban J connectivity index is 2.12. The highest BCUT2D eigenvalue weighted by Crippen LogP contribution is 2.33. The second-order valence-corrected chi connectivity index (χ2v) is 5.52. The van der Waals surface area contributed by atoms with Crippen LogP contribution in [0.4, 0.5) is 0 Å². The van der Waals surface area contributed by atoms with Gasteiger partial charge in [-0.15, -0.1) is 0 Å². The highest BCUT2D eigenvalue weighted by molar-refractivity contribution is 14.1. The van der Waals surface area contributed by atoms with Crippen molar-refractivity contribution in [2.24, 2.45) is 0 Å². The van der Waals surface area contributed by atoms with Crippen molar-refractivity contribution in [2.45, 2.75) is 26.7 Å². The van der Waals surface area contributed by atoms with Crippen LogP contribution in [0.5, 0.6) is 0 Å². The first-order valence-corrected chi connectivity index (χ1v) is 7.47. The van der Waals surface area contributed by atoms with Crippen molar-refractivity contribution in [3.63, 3.8) is 0 Å². The Hall–Kier alpha value is -1.51. The third-order valence-corrected chi connectivity index (χ3v) is 3.87. The Morgan fingerprint density at radius 2 is 2.05 bits per heavy atom. The number of hydrogen-bond acceptors (Lipinski definition) is 5. The molecule has 1 N–H and O–H groups in total. The zero-order chi connectivity index (χ0) is 14.3. The molecular formula is C13H13IN4O2. The minimum atomic E-state index is -0.356. The largest absolute Gasteiger partial charge is 0.461 e. The van der Waals surface area contributed by atoms with Crippen LogP contribution < -0.4 is 0 Å². The number of ether oxygens (including phenoxy) is 1. The summed E-state index contributed by atoms with van der Waals surface area (Å²) >= 11 is 2.09. The molecule has 104 valence electrons. The van der Waals surface area contributed by atoms with E-state index in [-0.39, 0.29) is 5.97 Å². The molecule has 1 aliphatic carbocycles. The van der Waals surface area contributed by atoms with Gasteiger partial charge in [-0.1, -0.05) is 0 Å². The Morgan fingerprint density at radius 1 is 1.30 bits per heavy atom. The fraction of sp³-hybridized carbons (Fsp3) is 0.385. The Kier molecular flexibility index (Phi) is 3.45. The van der Waals surface area contributed by atoms with E-state index in [1.807, 2.05) is 6.92 Å². The van der Waals surface area contributed by atoms with Crippen LogP contribution >= 0.6 is 22.6 Å². The number of hydrogen-bond donors (Lipinski definition) is 1. The lowest BCUT2D eigenvalue weighted by Crippen LogP contribution is -2.13. The van der Waals surface area contributed by atoms with E-state index < -0.39 is 0 Å². The van der Waals surface area contributed by atoms with Crippen molar-refractivity contribution in [3.05, 3.63) is 26.3 Å². The van der Waals surface area contributed by atoms with Crippen LogP contribution in [0.25, 0.3) is 11.4 Å². The van der Waals surface area contributed by atoms with Gasteiger partial charge < -0.3 is 4.74 Å². The van der Waals surface area contributed by atoms with Gasteiger partial charge in [-0.25, -0.2) is 14.8 Å². The Bertz CT molecular complexity index is 696. The fourth-order valence-corrected chi connectivity index (χ4v) is 3.09. The second kappa shape index (κ2) is 5.12. The molecule has 6 nitrogen and oxygen atoms in total. The number of H-pyrrole nitrogens is 1. The summed E-state index contributed by atoms with van der Waals surface area (Å²) in [7, 11) is 0. The zero-order valence-electron chi connectivity index (χ0n) is 11.2. The lowest BCUT2D eigenvalue weighted by Gasteiger charge is -2.16. The van der Waals surface area contributed by atoms with Crippen LogP contribution in [-0.2, 0) is 17.6 Å². The van der Waals surface area contributed by atoms with Gasteiger partial charge in [0.05, 0.1) is 12.3 Å². The lowest BCUT2D eigenvalue weighted by molar-refractivity contribution is 0.0518. The van der Waals surface area contributed by atoms with Crippen LogP contribution in [0.1, 0.15) is 34.2 Å². The van der Waals surface area contributed by atoms with Crippen molar-refractivity contribution in [3.8, 4) is 11.4 Å². The van der Waals surface area contributed by atoms with Crippen molar-refractivity contribution < 1.29 is 9.53 Å². The molecule has 1 aliphatic rings. The number of rotatable bonds is 2. The smallest absolute Gasteiger partial charge is 0.356 e. The highest BCUT2D eigenvalue weighted by atomic mass is 127. The number of halogens is 1. The maximum atomic E-state index is 11.9. The molecule has 2 aromatic rings. The third kappa shape index (κ3) is 2.09. The van der Waals surface area contributed by atoms with Crippen molar-refractivity contribution in [2.75, 3.05) is 6.61 Å². The normalized spacial score (nSPS) is 12.8. The summed E-state index contributed by atoms with van der Waals surface area (Å²) in [5, 5.41) is 7.06. The van der Waals surface area contributed by atoms with Gasteiger partial charge in [0.1, 0.15) is 11.4 Å².